The van der Waals surface area contributed by atoms with Crippen molar-refractivity contribution in [3.63, 3.8) is 0 Å². The standard InChI is InChI=1S/C24H20ClN3O2S/c25-19-7-2-4-9-21(19)31-17-14-12-16(13-15-17)26-23(29)11-5-10-22-27-20-8-3-1-6-18(20)24(30)28-22/h1-4,6-9,12-15H,5,10-11H2,(H,26,29)(H,27,28,30). The second-order valence-corrected chi connectivity index (χ2v) is 8.51. The van der Waals surface area contributed by atoms with E-state index in [-0.39, 0.29) is 11.5 Å². The number of hydrogen-bond acceptors (Lipinski definition) is 4. The van der Waals surface area contributed by atoms with Gasteiger partial charge in [0.2, 0.25) is 5.91 Å². The van der Waals surface area contributed by atoms with E-state index in [1.165, 1.54) is 0 Å². The molecule has 0 saturated carbocycles. The first-order chi connectivity index (χ1) is 15.1. The van der Waals surface area contributed by atoms with E-state index in [1.54, 1.807) is 17.8 Å². The maximum atomic E-state index is 12.3. The minimum Gasteiger partial charge on any atom is -0.326 e. The lowest BCUT2D eigenvalue weighted by molar-refractivity contribution is -0.116. The van der Waals surface area contributed by atoms with E-state index < -0.39 is 0 Å². The van der Waals surface area contributed by atoms with Gasteiger partial charge in [0.1, 0.15) is 5.82 Å². The number of hydrogen-bond donors (Lipinski definition) is 2. The second kappa shape index (κ2) is 9.81. The van der Waals surface area contributed by atoms with Crippen LogP contribution in [0.4, 0.5) is 5.69 Å². The first kappa shape index (κ1) is 21.2. The lowest BCUT2D eigenvalue weighted by Gasteiger charge is -2.08. The molecule has 0 radical (unpaired) electrons. The molecular formula is C24H20ClN3O2S. The van der Waals surface area contributed by atoms with Crippen molar-refractivity contribution < 1.29 is 4.79 Å². The zero-order chi connectivity index (χ0) is 21.6. The number of halogens is 1. The summed E-state index contributed by atoms with van der Waals surface area (Å²) in [4.78, 5) is 33.7. The molecule has 0 aliphatic heterocycles. The van der Waals surface area contributed by atoms with E-state index in [9.17, 15) is 9.59 Å². The molecule has 0 fully saturated rings. The normalized spacial score (nSPS) is 10.9. The number of rotatable bonds is 7. The molecule has 1 amide bonds. The molecular weight excluding hydrogens is 430 g/mol. The number of nitrogens with one attached hydrogen (secondary N) is 2. The quantitative estimate of drug-likeness (QED) is 0.380. The highest BCUT2D eigenvalue weighted by atomic mass is 35.5. The summed E-state index contributed by atoms with van der Waals surface area (Å²) in [5.41, 5.74) is 1.26. The summed E-state index contributed by atoms with van der Waals surface area (Å²) in [6.07, 6.45) is 1.46. The number of para-hydroxylation sites is 1. The number of H-pyrrole nitrogens is 1. The van der Waals surface area contributed by atoms with Gasteiger partial charge in [0.15, 0.2) is 0 Å². The Labute approximate surface area is 188 Å². The average Bonchev–Trinajstić information content (AvgIpc) is 2.77. The number of aryl methyl sites for hydroxylation is 1. The monoisotopic (exact) mass is 449 g/mol. The molecule has 0 unspecified atom stereocenters. The fraction of sp³-hybridized carbons (Fsp3) is 0.125. The molecule has 0 saturated heterocycles. The summed E-state index contributed by atoms with van der Waals surface area (Å²) in [5, 5.41) is 4.19. The molecule has 156 valence electrons. The van der Waals surface area contributed by atoms with Crippen LogP contribution in [0.1, 0.15) is 18.7 Å². The summed E-state index contributed by atoms with van der Waals surface area (Å²) < 4.78 is 0. The van der Waals surface area contributed by atoms with Gasteiger partial charge in [0, 0.05) is 28.3 Å². The SMILES string of the molecule is O=C(CCCc1nc2ccccc2c(=O)[nH]1)Nc1ccc(Sc2ccccc2Cl)cc1. The molecule has 0 spiro atoms. The Morgan fingerprint density at radius 2 is 1.74 bits per heavy atom. The molecule has 3 aromatic carbocycles. The fourth-order valence-corrected chi connectivity index (χ4v) is 4.24. The van der Waals surface area contributed by atoms with E-state index >= 15 is 0 Å². The second-order valence-electron chi connectivity index (χ2n) is 6.99. The number of carbonyl (C=O) groups is 1. The van der Waals surface area contributed by atoms with Crippen LogP contribution in [0.2, 0.25) is 5.02 Å². The van der Waals surface area contributed by atoms with E-state index in [0.717, 1.165) is 15.5 Å². The Bertz CT molecular complexity index is 1270. The van der Waals surface area contributed by atoms with Crippen LogP contribution in [0.25, 0.3) is 10.9 Å². The van der Waals surface area contributed by atoms with Crippen molar-refractivity contribution in [1.29, 1.82) is 0 Å². The summed E-state index contributed by atoms with van der Waals surface area (Å²) >= 11 is 7.78. The van der Waals surface area contributed by atoms with Gasteiger partial charge in [-0.25, -0.2) is 4.98 Å². The zero-order valence-corrected chi connectivity index (χ0v) is 18.2. The highest BCUT2D eigenvalue weighted by Gasteiger charge is 2.07. The number of amides is 1. The van der Waals surface area contributed by atoms with Crippen LogP contribution in [0.3, 0.4) is 0 Å². The van der Waals surface area contributed by atoms with Crippen molar-refractivity contribution >= 4 is 45.9 Å². The van der Waals surface area contributed by atoms with Gasteiger partial charge in [-0.1, -0.05) is 47.6 Å². The third-order valence-electron chi connectivity index (χ3n) is 4.68. The topological polar surface area (TPSA) is 74.8 Å². The van der Waals surface area contributed by atoms with Crippen molar-refractivity contribution in [2.45, 2.75) is 29.1 Å². The molecule has 1 aromatic heterocycles. The molecule has 31 heavy (non-hydrogen) atoms. The van der Waals surface area contributed by atoms with E-state index in [2.05, 4.69) is 15.3 Å². The van der Waals surface area contributed by atoms with Gasteiger partial charge in [-0.3, -0.25) is 9.59 Å². The molecule has 4 rings (SSSR count). The number of anilines is 1. The molecule has 1 heterocycles. The van der Waals surface area contributed by atoms with Crippen LogP contribution in [0.5, 0.6) is 0 Å². The summed E-state index contributed by atoms with van der Waals surface area (Å²) in [7, 11) is 0. The smallest absolute Gasteiger partial charge is 0.258 e. The number of aromatic amines is 1. The van der Waals surface area contributed by atoms with Crippen molar-refractivity contribution in [1.82, 2.24) is 9.97 Å². The summed E-state index contributed by atoms with van der Waals surface area (Å²) in [5.74, 6) is 0.520. The Kier molecular flexibility index (Phi) is 6.70. The van der Waals surface area contributed by atoms with Gasteiger partial charge in [0.05, 0.1) is 15.9 Å². The molecule has 2 N–H and O–H groups in total. The van der Waals surface area contributed by atoms with Crippen molar-refractivity contribution in [2.24, 2.45) is 0 Å². The average molecular weight is 450 g/mol. The lowest BCUT2D eigenvalue weighted by Crippen LogP contribution is -2.14. The highest BCUT2D eigenvalue weighted by Crippen LogP contribution is 2.33. The van der Waals surface area contributed by atoms with E-state index in [1.807, 2.05) is 66.7 Å². The molecule has 0 atom stereocenters. The van der Waals surface area contributed by atoms with Crippen molar-refractivity contribution in [3.8, 4) is 0 Å². The number of nitrogens with zero attached hydrogens (tertiary/aromatic N) is 1. The summed E-state index contributed by atoms with van der Waals surface area (Å²) in [6.45, 7) is 0. The lowest BCUT2D eigenvalue weighted by atomic mass is 10.2. The van der Waals surface area contributed by atoms with Gasteiger partial charge < -0.3 is 10.3 Å². The number of carbonyl (C=O) groups excluding carboxylic acids is 1. The van der Waals surface area contributed by atoms with Crippen LogP contribution in [-0.2, 0) is 11.2 Å². The van der Waals surface area contributed by atoms with Crippen LogP contribution in [0.15, 0.2) is 87.4 Å². The van der Waals surface area contributed by atoms with E-state index in [0.29, 0.717) is 41.0 Å². The maximum absolute atomic E-state index is 12.3. The maximum Gasteiger partial charge on any atom is 0.258 e. The van der Waals surface area contributed by atoms with Gasteiger partial charge in [0.25, 0.3) is 5.56 Å². The summed E-state index contributed by atoms with van der Waals surface area (Å²) in [6, 6.07) is 22.6. The van der Waals surface area contributed by atoms with Crippen molar-refractivity contribution in [2.75, 3.05) is 5.32 Å². The zero-order valence-electron chi connectivity index (χ0n) is 16.6. The van der Waals surface area contributed by atoms with Crippen LogP contribution < -0.4 is 10.9 Å². The van der Waals surface area contributed by atoms with Gasteiger partial charge in [-0.05, 0) is 55.0 Å². The number of benzene rings is 3. The van der Waals surface area contributed by atoms with Crippen LogP contribution in [0, 0.1) is 0 Å². The third kappa shape index (κ3) is 5.54. The van der Waals surface area contributed by atoms with Gasteiger partial charge in [-0.15, -0.1) is 0 Å². The van der Waals surface area contributed by atoms with Gasteiger partial charge >= 0.3 is 0 Å². The number of fused-ring (bicyclic) bond motifs is 1. The molecule has 0 bridgehead atoms. The Morgan fingerprint density at radius 1 is 1.00 bits per heavy atom. The predicted molar refractivity (Wildman–Crippen MR) is 126 cm³/mol. The molecule has 7 heteroatoms. The van der Waals surface area contributed by atoms with Crippen LogP contribution in [-0.4, -0.2) is 15.9 Å². The Hall–Kier alpha value is -3.09. The van der Waals surface area contributed by atoms with Gasteiger partial charge in [-0.2, -0.15) is 0 Å². The largest absolute Gasteiger partial charge is 0.326 e. The van der Waals surface area contributed by atoms with Crippen molar-refractivity contribution in [3.05, 3.63) is 94.0 Å². The highest BCUT2D eigenvalue weighted by molar-refractivity contribution is 7.99. The molecule has 4 aromatic rings. The fourth-order valence-electron chi connectivity index (χ4n) is 3.15. The molecule has 0 aliphatic rings. The Balaban J connectivity index is 1.29. The first-order valence-electron chi connectivity index (χ1n) is 9.89. The first-order valence-corrected chi connectivity index (χ1v) is 11.1. The minimum atomic E-state index is -0.153. The van der Waals surface area contributed by atoms with Crippen LogP contribution >= 0.6 is 23.4 Å². The molecule has 5 nitrogen and oxygen atoms in total. The van der Waals surface area contributed by atoms with E-state index in [4.69, 9.17) is 11.6 Å². The third-order valence-corrected chi connectivity index (χ3v) is 6.21. The number of aromatic nitrogens is 2. The minimum absolute atomic E-state index is 0.0744. The Morgan fingerprint density at radius 3 is 2.55 bits per heavy atom. The molecule has 0 aliphatic carbocycles. The predicted octanol–water partition coefficient (Wildman–Crippen LogP) is 5.69.